The number of aryl methyl sites for hydroxylation is 2. The summed E-state index contributed by atoms with van der Waals surface area (Å²) in [5.74, 6) is 1.85. The average molecular weight is 468 g/mol. The summed E-state index contributed by atoms with van der Waals surface area (Å²) in [6, 6.07) is 18.4. The summed E-state index contributed by atoms with van der Waals surface area (Å²) < 4.78 is 8.16. The Labute approximate surface area is 207 Å². The molecular formula is C30H33N3O2. The summed E-state index contributed by atoms with van der Waals surface area (Å²) in [4.78, 5) is 20.2. The third-order valence-electron chi connectivity index (χ3n) is 7.47. The Morgan fingerprint density at radius 2 is 1.66 bits per heavy atom. The van der Waals surface area contributed by atoms with Crippen molar-refractivity contribution in [1.29, 1.82) is 0 Å². The van der Waals surface area contributed by atoms with Gasteiger partial charge in [-0.25, -0.2) is 4.98 Å². The molecule has 0 radical (unpaired) electrons. The molecule has 3 aromatic carbocycles. The lowest BCUT2D eigenvalue weighted by molar-refractivity contribution is -0.117. The van der Waals surface area contributed by atoms with E-state index in [9.17, 15) is 4.79 Å². The number of imidazole rings is 1. The first kappa shape index (κ1) is 23.2. The number of rotatable bonds is 6. The Morgan fingerprint density at radius 3 is 2.40 bits per heavy atom. The zero-order chi connectivity index (χ0) is 24.7. The molecule has 180 valence electrons. The number of hydrogen-bond acceptors (Lipinski definition) is 3. The Balaban J connectivity index is 1.57. The maximum Gasteiger partial charge on any atom is 0.227 e. The van der Waals surface area contributed by atoms with Gasteiger partial charge >= 0.3 is 0 Å². The fourth-order valence-corrected chi connectivity index (χ4v) is 5.34. The summed E-state index contributed by atoms with van der Waals surface area (Å²) >= 11 is 0. The van der Waals surface area contributed by atoms with Gasteiger partial charge in [0.15, 0.2) is 0 Å². The lowest BCUT2D eigenvalue weighted by Gasteiger charge is -2.21. The average Bonchev–Trinajstić information content (AvgIpc) is 3.41. The van der Waals surface area contributed by atoms with Gasteiger partial charge in [-0.3, -0.25) is 4.79 Å². The number of nitrogens with zero attached hydrogens (tertiary/aromatic N) is 3. The van der Waals surface area contributed by atoms with Crippen molar-refractivity contribution in [3.63, 3.8) is 0 Å². The fourth-order valence-electron chi connectivity index (χ4n) is 5.34. The number of benzene rings is 3. The number of carbonyl (C=O) groups excluding carboxylic acids is 1. The monoisotopic (exact) mass is 467 g/mol. The van der Waals surface area contributed by atoms with E-state index in [0.29, 0.717) is 19.6 Å². The minimum absolute atomic E-state index is 0.0103. The number of aromatic nitrogens is 2. The van der Waals surface area contributed by atoms with Crippen molar-refractivity contribution in [3.05, 3.63) is 88.2 Å². The molecule has 1 saturated heterocycles. The topological polar surface area (TPSA) is 47.4 Å². The van der Waals surface area contributed by atoms with Gasteiger partial charge in [0.25, 0.3) is 0 Å². The van der Waals surface area contributed by atoms with Crippen molar-refractivity contribution in [2.24, 2.45) is 0 Å². The summed E-state index contributed by atoms with van der Waals surface area (Å²) in [6.07, 6.45) is 0.439. The number of para-hydroxylation sites is 4. The van der Waals surface area contributed by atoms with E-state index in [0.717, 1.165) is 34.8 Å². The SMILES string of the molecule is CCOc1ccccc1N1C[C@@H](c2nc3ccccc3n2Cc2c(C)c(C)cc(C)c2C)CC1=O. The molecule has 5 nitrogen and oxygen atoms in total. The molecule has 0 bridgehead atoms. The van der Waals surface area contributed by atoms with E-state index < -0.39 is 0 Å². The molecule has 1 aliphatic rings. The number of fused-ring (bicyclic) bond motifs is 1. The summed E-state index contributed by atoms with van der Waals surface area (Å²) in [5, 5.41) is 0. The standard InChI is InChI=1S/C30H33N3O2/c1-6-35-28-14-10-9-13-27(28)32-17-23(16-29(32)34)30-31-25-11-7-8-12-26(25)33(30)18-24-21(4)19(2)15-20(3)22(24)5/h7-15,23H,6,16-18H2,1-5H3/t23-/m0/s1. The Morgan fingerprint density at radius 1 is 0.971 bits per heavy atom. The van der Waals surface area contributed by atoms with E-state index in [4.69, 9.17) is 9.72 Å². The molecular weight excluding hydrogens is 434 g/mol. The third-order valence-corrected chi connectivity index (χ3v) is 7.47. The van der Waals surface area contributed by atoms with E-state index in [-0.39, 0.29) is 11.8 Å². The van der Waals surface area contributed by atoms with Gasteiger partial charge < -0.3 is 14.2 Å². The molecule has 0 N–H and O–H groups in total. The van der Waals surface area contributed by atoms with Crippen LogP contribution in [0.15, 0.2) is 54.6 Å². The number of ether oxygens (including phenoxy) is 1. The van der Waals surface area contributed by atoms with E-state index >= 15 is 0 Å². The Bertz CT molecular complexity index is 1390. The lowest BCUT2D eigenvalue weighted by Crippen LogP contribution is -2.25. The number of amides is 1. The molecule has 0 saturated carbocycles. The first-order valence-electron chi connectivity index (χ1n) is 12.4. The van der Waals surface area contributed by atoms with Crippen LogP contribution in [-0.2, 0) is 11.3 Å². The van der Waals surface area contributed by atoms with E-state index in [1.165, 1.54) is 27.8 Å². The van der Waals surface area contributed by atoms with Gasteiger partial charge in [-0.05, 0) is 86.7 Å². The smallest absolute Gasteiger partial charge is 0.227 e. The van der Waals surface area contributed by atoms with E-state index in [2.05, 4.69) is 56.5 Å². The van der Waals surface area contributed by atoms with Gasteiger partial charge in [-0.2, -0.15) is 0 Å². The molecule has 5 heteroatoms. The van der Waals surface area contributed by atoms with Crippen LogP contribution in [0.3, 0.4) is 0 Å². The van der Waals surface area contributed by atoms with Crippen LogP contribution in [0.1, 0.15) is 52.9 Å². The fraction of sp³-hybridized carbons (Fsp3) is 0.333. The van der Waals surface area contributed by atoms with Crippen molar-refractivity contribution in [2.45, 2.75) is 53.5 Å². The largest absolute Gasteiger partial charge is 0.492 e. The number of carbonyl (C=O) groups is 1. The van der Waals surface area contributed by atoms with Gasteiger partial charge in [0.2, 0.25) is 5.91 Å². The van der Waals surface area contributed by atoms with Crippen LogP contribution in [0.2, 0.25) is 0 Å². The Hall–Kier alpha value is -3.60. The lowest BCUT2D eigenvalue weighted by atomic mass is 9.94. The van der Waals surface area contributed by atoms with Crippen LogP contribution in [0.5, 0.6) is 5.75 Å². The minimum atomic E-state index is 0.0103. The number of anilines is 1. The van der Waals surface area contributed by atoms with Crippen LogP contribution in [0.25, 0.3) is 11.0 Å². The molecule has 4 aromatic rings. The molecule has 1 atom stereocenters. The Kier molecular flexibility index (Phi) is 6.10. The molecule has 2 heterocycles. The van der Waals surface area contributed by atoms with Crippen LogP contribution in [0.4, 0.5) is 5.69 Å². The van der Waals surface area contributed by atoms with Crippen LogP contribution in [-0.4, -0.2) is 28.6 Å². The van der Waals surface area contributed by atoms with E-state index in [1.54, 1.807) is 0 Å². The third kappa shape index (κ3) is 4.09. The van der Waals surface area contributed by atoms with Gasteiger partial charge in [0, 0.05) is 25.4 Å². The molecule has 1 fully saturated rings. The highest BCUT2D eigenvalue weighted by atomic mass is 16.5. The van der Waals surface area contributed by atoms with Crippen molar-refractivity contribution < 1.29 is 9.53 Å². The predicted molar refractivity (Wildman–Crippen MR) is 142 cm³/mol. The summed E-state index contributed by atoms with van der Waals surface area (Å²) in [6.45, 7) is 12.6. The second-order valence-electron chi connectivity index (χ2n) is 9.59. The maximum atomic E-state index is 13.2. The normalized spacial score (nSPS) is 15.9. The predicted octanol–water partition coefficient (Wildman–Crippen LogP) is 6.24. The molecule has 1 amide bonds. The van der Waals surface area contributed by atoms with Crippen molar-refractivity contribution >= 4 is 22.6 Å². The zero-order valence-corrected chi connectivity index (χ0v) is 21.3. The van der Waals surface area contributed by atoms with Crippen molar-refractivity contribution in [3.8, 4) is 5.75 Å². The summed E-state index contributed by atoms with van der Waals surface area (Å²) in [5.41, 5.74) is 9.54. The highest BCUT2D eigenvalue weighted by molar-refractivity contribution is 5.98. The minimum Gasteiger partial charge on any atom is -0.492 e. The first-order valence-corrected chi connectivity index (χ1v) is 12.4. The highest BCUT2D eigenvalue weighted by Gasteiger charge is 2.36. The van der Waals surface area contributed by atoms with Gasteiger partial charge in [-0.1, -0.05) is 30.3 Å². The van der Waals surface area contributed by atoms with Crippen LogP contribution in [0, 0.1) is 27.7 Å². The van der Waals surface area contributed by atoms with Crippen molar-refractivity contribution in [2.75, 3.05) is 18.1 Å². The zero-order valence-electron chi connectivity index (χ0n) is 21.3. The summed E-state index contributed by atoms with van der Waals surface area (Å²) in [7, 11) is 0. The molecule has 0 aliphatic carbocycles. The van der Waals surface area contributed by atoms with Gasteiger partial charge in [-0.15, -0.1) is 0 Å². The van der Waals surface area contributed by atoms with Gasteiger partial charge in [0.05, 0.1) is 23.3 Å². The van der Waals surface area contributed by atoms with Crippen LogP contribution >= 0.6 is 0 Å². The molecule has 5 rings (SSSR count). The quantitative estimate of drug-likeness (QED) is 0.337. The van der Waals surface area contributed by atoms with Crippen LogP contribution < -0.4 is 9.64 Å². The van der Waals surface area contributed by atoms with Crippen molar-refractivity contribution in [1.82, 2.24) is 9.55 Å². The first-order chi connectivity index (χ1) is 16.9. The number of hydrogen-bond donors (Lipinski definition) is 0. The molecule has 1 aromatic heterocycles. The second kappa shape index (κ2) is 9.21. The van der Waals surface area contributed by atoms with E-state index in [1.807, 2.05) is 42.2 Å². The second-order valence-corrected chi connectivity index (χ2v) is 9.59. The molecule has 1 aliphatic heterocycles. The molecule has 0 spiro atoms. The molecule has 35 heavy (non-hydrogen) atoms. The van der Waals surface area contributed by atoms with Gasteiger partial charge in [0.1, 0.15) is 11.6 Å². The maximum absolute atomic E-state index is 13.2. The molecule has 0 unspecified atom stereocenters. The highest BCUT2D eigenvalue weighted by Crippen LogP contribution is 2.37.